The summed E-state index contributed by atoms with van der Waals surface area (Å²) < 4.78 is 13.2. The van der Waals surface area contributed by atoms with Crippen LogP contribution < -0.4 is 5.32 Å². The average Bonchev–Trinajstić information content (AvgIpc) is 2.27. The Bertz CT molecular complexity index is 357. The fraction of sp³-hybridized carbons (Fsp3) is 0.538. The Balaban J connectivity index is 2.41. The van der Waals surface area contributed by atoms with Crippen molar-refractivity contribution in [1.29, 1.82) is 0 Å². The van der Waals surface area contributed by atoms with Crippen molar-refractivity contribution in [2.45, 2.75) is 38.8 Å². The van der Waals surface area contributed by atoms with Crippen molar-refractivity contribution in [2.75, 3.05) is 6.54 Å². The molecular formula is C13H19ClFNO. The molecule has 0 radical (unpaired) electrons. The van der Waals surface area contributed by atoms with Gasteiger partial charge in [-0.1, -0.05) is 17.7 Å². The molecule has 2 nitrogen and oxygen atoms in total. The summed E-state index contributed by atoms with van der Waals surface area (Å²) in [5.41, 5.74) is 0.879. The van der Waals surface area contributed by atoms with Crippen LogP contribution in [0.15, 0.2) is 18.2 Å². The lowest BCUT2D eigenvalue weighted by atomic mass is 10.1. The van der Waals surface area contributed by atoms with Gasteiger partial charge in [0, 0.05) is 6.04 Å². The van der Waals surface area contributed by atoms with E-state index in [1.807, 2.05) is 13.0 Å². The molecule has 1 aromatic rings. The van der Waals surface area contributed by atoms with E-state index >= 15 is 0 Å². The Morgan fingerprint density at radius 2 is 2.12 bits per heavy atom. The molecule has 0 amide bonds. The second-order valence-electron chi connectivity index (χ2n) is 4.34. The summed E-state index contributed by atoms with van der Waals surface area (Å²) >= 11 is 5.62. The van der Waals surface area contributed by atoms with E-state index in [1.165, 1.54) is 6.07 Å². The summed E-state index contributed by atoms with van der Waals surface area (Å²) in [6.07, 6.45) is 1.41. The minimum Gasteiger partial charge on any atom is -0.393 e. The highest BCUT2D eigenvalue weighted by Crippen LogP contribution is 2.19. The fourth-order valence-electron chi connectivity index (χ4n) is 1.62. The molecule has 0 saturated carbocycles. The number of halogens is 2. The maximum atomic E-state index is 13.2. The molecule has 96 valence electrons. The second-order valence-corrected chi connectivity index (χ2v) is 4.75. The molecule has 17 heavy (non-hydrogen) atoms. The van der Waals surface area contributed by atoms with E-state index in [1.54, 1.807) is 13.0 Å². The van der Waals surface area contributed by atoms with Crippen LogP contribution in [0.4, 0.5) is 4.39 Å². The van der Waals surface area contributed by atoms with E-state index in [0.29, 0.717) is 0 Å². The van der Waals surface area contributed by atoms with Gasteiger partial charge in [0.25, 0.3) is 0 Å². The normalized spacial score (nSPS) is 14.6. The number of aliphatic hydroxyl groups is 1. The number of benzene rings is 1. The van der Waals surface area contributed by atoms with Crippen LogP contribution in [0.3, 0.4) is 0 Å². The van der Waals surface area contributed by atoms with Crippen LogP contribution in [0.1, 0.15) is 38.3 Å². The zero-order chi connectivity index (χ0) is 12.8. The van der Waals surface area contributed by atoms with Gasteiger partial charge in [-0.05, 0) is 50.9 Å². The minimum absolute atomic E-state index is 0.0794. The first-order chi connectivity index (χ1) is 8.00. The summed E-state index contributed by atoms with van der Waals surface area (Å²) in [4.78, 5) is 0. The SMILES string of the molecule is CC(O)CCCNC(C)c1ccc(Cl)c(F)c1. The van der Waals surface area contributed by atoms with Gasteiger partial charge in [-0.15, -0.1) is 0 Å². The van der Waals surface area contributed by atoms with E-state index in [0.717, 1.165) is 24.9 Å². The van der Waals surface area contributed by atoms with Crippen LogP contribution in [0.5, 0.6) is 0 Å². The zero-order valence-corrected chi connectivity index (χ0v) is 11.0. The standard InChI is InChI=1S/C13H19ClFNO/c1-9(17)4-3-7-16-10(2)11-5-6-12(14)13(15)8-11/h5-6,8-10,16-17H,3-4,7H2,1-2H3. The zero-order valence-electron chi connectivity index (χ0n) is 10.2. The lowest BCUT2D eigenvalue weighted by Gasteiger charge is -2.15. The van der Waals surface area contributed by atoms with Crippen LogP contribution >= 0.6 is 11.6 Å². The lowest BCUT2D eigenvalue weighted by molar-refractivity contribution is 0.181. The Kier molecular flexibility index (Phi) is 5.89. The van der Waals surface area contributed by atoms with Gasteiger partial charge in [0.2, 0.25) is 0 Å². The van der Waals surface area contributed by atoms with E-state index in [9.17, 15) is 4.39 Å². The Labute approximate surface area is 107 Å². The highest BCUT2D eigenvalue weighted by Gasteiger charge is 2.07. The van der Waals surface area contributed by atoms with Crippen LogP contribution in [0.25, 0.3) is 0 Å². The number of rotatable bonds is 6. The average molecular weight is 260 g/mol. The smallest absolute Gasteiger partial charge is 0.142 e. The molecule has 0 spiro atoms. The first-order valence-corrected chi connectivity index (χ1v) is 6.25. The van der Waals surface area contributed by atoms with Gasteiger partial charge in [0.05, 0.1) is 11.1 Å². The largest absolute Gasteiger partial charge is 0.393 e. The third kappa shape index (κ3) is 5.02. The molecule has 0 bridgehead atoms. The molecule has 2 unspecified atom stereocenters. The van der Waals surface area contributed by atoms with Crippen LogP contribution in [0, 0.1) is 5.82 Å². The maximum absolute atomic E-state index is 13.2. The molecule has 1 aromatic carbocycles. The quantitative estimate of drug-likeness (QED) is 0.769. The molecule has 0 aliphatic rings. The second kappa shape index (κ2) is 6.94. The van der Waals surface area contributed by atoms with Crippen molar-refractivity contribution < 1.29 is 9.50 Å². The summed E-state index contributed by atoms with van der Waals surface area (Å²) in [6, 6.07) is 4.92. The Morgan fingerprint density at radius 3 is 2.71 bits per heavy atom. The molecule has 0 saturated heterocycles. The number of hydrogen-bond donors (Lipinski definition) is 2. The molecule has 0 aromatic heterocycles. The van der Waals surface area contributed by atoms with Crippen LogP contribution in [-0.4, -0.2) is 17.8 Å². The van der Waals surface area contributed by atoms with Gasteiger partial charge in [0.15, 0.2) is 0 Å². The van der Waals surface area contributed by atoms with Gasteiger partial charge in [-0.2, -0.15) is 0 Å². The first-order valence-electron chi connectivity index (χ1n) is 5.87. The van der Waals surface area contributed by atoms with Crippen molar-refractivity contribution >= 4 is 11.6 Å². The van der Waals surface area contributed by atoms with Crippen molar-refractivity contribution in [3.63, 3.8) is 0 Å². The summed E-state index contributed by atoms with van der Waals surface area (Å²) in [6.45, 7) is 4.55. The van der Waals surface area contributed by atoms with Crippen molar-refractivity contribution in [1.82, 2.24) is 5.32 Å². The van der Waals surface area contributed by atoms with Crippen molar-refractivity contribution in [3.05, 3.63) is 34.6 Å². The molecule has 1 rings (SSSR count). The summed E-state index contributed by atoms with van der Waals surface area (Å²) in [5, 5.41) is 12.5. The monoisotopic (exact) mass is 259 g/mol. The van der Waals surface area contributed by atoms with Gasteiger partial charge in [-0.25, -0.2) is 4.39 Å². The molecule has 4 heteroatoms. The predicted octanol–water partition coefficient (Wildman–Crippen LogP) is 3.29. The highest BCUT2D eigenvalue weighted by atomic mass is 35.5. The number of hydrogen-bond acceptors (Lipinski definition) is 2. The van der Waals surface area contributed by atoms with Crippen LogP contribution in [0.2, 0.25) is 5.02 Å². The fourth-order valence-corrected chi connectivity index (χ4v) is 1.73. The van der Waals surface area contributed by atoms with Gasteiger partial charge < -0.3 is 10.4 Å². The topological polar surface area (TPSA) is 32.3 Å². The Hall–Kier alpha value is -0.640. The van der Waals surface area contributed by atoms with Crippen LogP contribution in [-0.2, 0) is 0 Å². The molecular weight excluding hydrogens is 241 g/mol. The number of aliphatic hydroxyl groups excluding tert-OH is 1. The molecule has 0 fully saturated rings. The first kappa shape index (κ1) is 14.4. The molecule has 0 heterocycles. The van der Waals surface area contributed by atoms with E-state index < -0.39 is 0 Å². The van der Waals surface area contributed by atoms with Gasteiger partial charge in [-0.3, -0.25) is 0 Å². The molecule has 0 aliphatic heterocycles. The van der Waals surface area contributed by atoms with Gasteiger partial charge >= 0.3 is 0 Å². The maximum Gasteiger partial charge on any atom is 0.142 e. The Morgan fingerprint density at radius 1 is 1.41 bits per heavy atom. The predicted molar refractivity (Wildman–Crippen MR) is 68.7 cm³/mol. The molecule has 2 atom stereocenters. The lowest BCUT2D eigenvalue weighted by Crippen LogP contribution is -2.20. The number of nitrogens with one attached hydrogen (secondary N) is 1. The van der Waals surface area contributed by atoms with Crippen molar-refractivity contribution in [2.24, 2.45) is 0 Å². The van der Waals surface area contributed by atoms with Gasteiger partial charge in [0.1, 0.15) is 5.82 Å². The van der Waals surface area contributed by atoms with E-state index in [-0.39, 0.29) is 23.0 Å². The molecule has 2 N–H and O–H groups in total. The van der Waals surface area contributed by atoms with E-state index in [4.69, 9.17) is 16.7 Å². The molecule has 0 aliphatic carbocycles. The third-order valence-corrected chi connectivity index (χ3v) is 3.00. The summed E-state index contributed by atoms with van der Waals surface area (Å²) in [5.74, 6) is -0.387. The highest BCUT2D eigenvalue weighted by molar-refractivity contribution is 6.30. The van der Waals surface area contributed by atoms with Crippen molar-refractivity contribution in [3.8, 4) is 0 Å². The van der Waals surface area contributed by atoms with E-state index in [2.05, 4.69) is 5.32 Å². The minimum atomic E-state index is -0.387. The third-order valence-electron chi connectivity index (χ3n) is 2.69. The summed E-state index contributed by atoms with van der Waals surface area (Å²) in [7, 11) is 0.